The number of imide groups is 1. The maximum Gasteiger partial charge on any atom is 0.318 e. The Morgan fingerprint density at radius 1 is 1.14 bits per heavy atom. The zero-order valence-corrected chi connectivity index (χ0v) is 15.5. The molecule has 1 unspecified atom stereocenters. The molecule has 2 aromatic carbocycles. The Labute approximate surface area is 162 Å². The SMILES string of the molecule is CC(NCc1ccccc1-c1ccc(Cn2cncn2)cc1)C(=O)NC(N)=O. The topological polar surface area (TPSA) is 115 Å². The summed E-state index contributed by atoms with van der Waals surface area (Å²) in [5.41, 5.74) is 9.31. The van der Waals surface area contributed by atoms with Gasteiger partial charge in [0.05, 0.1) is 12.6 Å². The van der Waals surface area contributed by atoms with Crippen molar-refractivity contribution in [2.24, 2.45) is 5.73 Å². The van der Waals surface area contributed by atoms with Crippen molar-refractivity contribution in [2.45, 2.75) is 26.1 Å². The number of benzene rings is 2. The molecule has 4 N–H and O–H groups in total. The molecule has 28 heavy (non-hydrogen) atoms. The molecule has 0 fully saturated rings. The number of primary amides is 1. The highest BCUT2D eigenvalue weighted by Gasteiger charge is 2.14. The second-order valence-corrected chi connectivity index (χ2v) is 6.40. The third-order valence-electron chi connectivity index (χ3n) is 4.33. The molecule has 8 heteroatoms. The number of nitrogens with one attached hydrogen (secondary N) is 2. The first-order chi connectivity index (χ1) is 13.5. The number of urea groups is 1. The van der Waals surface area contributed by atoms with Gasteiger partial charge in [-0.05, 0) is 29.2 Å². The van der Waals surface area contributed by atoms with E-state index in [0.29, 0.717) is 13.1 Å². The Morgan fingerprint density at radius 3 is 2.57 bits per heavy atom. The van der Waals surface area contributed by atoms with Gasteiger partial charge in [0.25, 0.3) is 0 Å². The molecule has 0 radical (unpaired) electrons. The Balaban J connectivity index is 1.69. The van der Waals surface area contributed by atoms with Crippen molar-refractivity contribution >= 4 is 11.9 Å². The average molecular weight is 378 g/mol. The minimum absolute atomic E-state index is 0.456. The van der Waals surface area contributed by atoms with Crippen molar-refractivity contribution in [3.05, 3.63) is 72.3 Å². The summed E-state index contributed by atoms with van der Waals surface area (Å²) >= 11 is 0. The number of aromatic nitrogens is 3. The summed E-state index contributed by atoms with van der Waals surface area (Å²) in [7, 11) is 0. The molecule has 0 aliphatic carbocycles. The zero-order valence-electron chi connectivity index (χ0n) is 15.5. The van der Waals surface area contributed by atoms with Gasteiger partial charge in [0, 0.05) is 6.54 Å². The highest BCUT2D eigenvalue weighted by Crippen LogP contribution is 2.24. The predicted octanol–water partition coefficient (Wildman–Crippen LogP) is 1.67. The van der Waals surface area contributed by atoms with Crippen LogP contribution in [0.25, 0.3) is 11.1 Å². The number of amides is 3. The van der Waals surface area contributed by atoms with Gasteiger partial charge in [0.1, 0.15) is 12.7 Å². The van der Waals surface area contributed by atoms with E-state index in [1.807, 2.05) is 24.3 Å². The van der Waals surface area contributed by atoms with E-state index in [4.69, 9.17) is 5.73 Å². The number of nitrogens with zero attached hydrogens (tertiary/aromatic N) is 3. The van der Waals surface area contributed by atoms with E-state index < -0.39 is 18.0 Å². The first-order valence-electron chi connectivity index (χ1n) is 8.86. The molecule has 0 saturated carbocycles. The number of rotatable bonds is 7. The maximum absolute atomic E-state index is 11.8. The second kappa shape index (κ2) is 8.92. The van der Waals surface area contributed by atoms with Crippen LogP contribution in [-0.4, -0.2) is 32.7 Å². The number of hydrogen-bond acceptors (Lipinski definition) is 5. The third kappa shape index (κ3) is 5.01. The first-order valence-corrected chi connectivity index (χ1v) is 8.86. The summed E-state index contributed by atoms with van der Waals surface area (Å²) in [6, 6.07) is 14.8. The van der Waals surface area contributed by atoms with Crippen LogP contribution in [-0.2, 0) is 17.9 Å². The zero-order chi connectivity index (χ0) is 19.9. The van der Waals surface area contributed by atoms with Crippen molar-refractivity contribution < 1.29 is 9.59 Å². The van der Waals surface area contributed by atoms with Gasteiger partial charge in [-0.15, -0.1) is 0 Å². The van der Waals surface area contributed by atoms with Crippen LogP contribution in [0.5, 0.6) is 0 Å². The lowest BCUT2D eigenvalue weighted by atomic mass is 9.98. The first kappa shape index (κ1) is 19.2. The van der Waals surface area contributed by atoms with Crippen molar-refractivity contribution in [1.82, 2.24) is 25.4 Å². The third-order valence-corrected chi connectivity index (χ3v) is 4.33. The molecule has 3 aromatic rings. The normalized spacial score (nSPS) is 11.8. The van der Waals surface area contributed by atoms with Gasteiger partial charge < -0.3 is 11.1 Å². The van der Waals surface area contributed by atoms with E-state index in [9.17, 15) is 9.59 Å². The molecule has 1 atom stereocenters. The molecular formula is C20H22N6O2. The average Bonchev–Trinajstić information content (AvgIpc) is 3.19. The maximum atomic E-state index is 11.8. The minimum atomic E-state index is -0.856. The Hall–Kier alpha value is -3.52. The van der Waals surface area contributed by atoms with Crippen LogP contribution in [0.1, 0.15) is 18.1 Å². The monoisotopic (exact) mass is 378 g/mol. The van der Waals surface area contributed by atoms with Crippen LogP contribution in [0.3, 0.4) is 0 Å². The van der Waals surface area contributed by atoms with Gasteiger partial charge in [-0.1, -0.05) is 48.5 Å². The lowest BCUT2D eigenvalue weighted by molar-refractivity contribution is -0.121. The molecule has 0 aliphatic rings. The molecule has 3 rings (SSSR count). The summed E-state index contributed by atoms with van der Waals surface area (Å²) in [5, 5.41) is 9.31. The quantitative estimate of drug-likeness (QED) is 0.578. The predicted molar refractivity (Wildman–Crippen MR) is 105 cm³/mol. The fraction of sp³-hybridized carbons (Fsp3) is 0.200. The molecule has 8 nitrogen and oxygen atoms in total. The van der Waals surface area contributed by atoms with Crippen molar-refractivity contribution in [1.29, 1.82) is 0 Å². The molecule has 3 amide bonds. The highest BCUT2D eigenvalue weighted by molar-refractivity contribution is 5.96. The number of nitrogens with two attached hydrogens (primary N) is 1. The number of carbonyl (C=O) groups is 2. The fourth-order valence-electron chi connectivity index (χ4n) is 2.83. The van der Waals surface area contributed by atoms with Crippen LogP contribution in [0.15, 0.2) is 61.2 Å². The number of hydrogen-bond donors (Lipinski definition) is 3. The van der Waals surface area contributed by atoms with Crippen LogP contribution in [0, 0.1) is 0 Å². The summed E-state index contributed by atoms with van der Waals surface area (Å²) in [6.45, 7) is 2.82. The minimum Gasteiger partial charge on any atom is -0.351 e. The molecule has 144 valence electrons. The van der Waals surface area contributed by atoms with E-state index in [1.165, 1.54) is 6.33 Å². The van der Waals surface area contributed by atoms with Gasteiger partial charge in [-0.2, -0.15) is 5.10 Å². The summed E-state index contributed by atoms with van der Waals surface area (Å²) in [4.78, 5) is 26.6. The lowest BCUT2D eigenvalue weighted by Gasteiger charge is -2.15. The molecular weight excluding hydrogens is 356 g/mol. The van der Waals surface area contributed by atoms with Gasteiger partial charge in [-0.25, -0.2) is 14.5 Å². The Morgan fingerprint density at radius 2 is 1.89 bits per heavy atom. The lowest BCUT2D eigenvalue weighted by Crippen LogP contribution is -2.46. The number of carbonyl (C=O) groups excluding carboxylic acids is 2. The van der Waals surface area contributed by atoms with E-state index in [-0.39, 0.29) is 0 Å². The second-order valence-electron chi connectivity index (χ2n) is 6.40. The van der Waals surface area contributed by atoms with Crippen LogP contribution in [0.2, 0.25) is 0 Å². The molecule has 0 bridgehead atoms. The smallest absolute Gasteiger partial charge is 0.318 e. The van der Waals surface area contributed by atoms with Crippen LogP contribution >= 0.6 is 0 Å². The van der Waals surface area contributed by atoms with E-state index >= 15 is 0 Å². The fourth-order valence-corrected chi connectivity index (χ4v) is 2.83. The van der Waals surface area contributed by atoms with Crippen molar-refractivity contribution in [3.63, 3.8) is 0 Å². The Bertz CT molecular complexity index is 938. The van der Waals surface area contributed by atoms with Crippen molar-refractivity contribution in [3.8, 4) is 11.1 Å². The molecule has 0 saturated heterocycles. The van der Waals surface area contributed by atoms with Gasteiger partial charge >= 0.3 is 6.03 Å². The molecule has 1 aromatic heterocycles. The van der Waals surface area contributed by atoms with E-state index in [0.717, 1.165) is 22.3 Å². The van der Waals surface area contributed by atoms with Crippen LogP contribution < -0.4 is 16.4 Å². The van der Waals surface area contributed by atoms with Crippen LogP contribution in [0.4, 0.5) is 4.79 Å². The Kier molecular flexibility index (Phi) is 6.13. The van der Waals surface area contributed by atoms with Gasteiger partial charge in [0.15, 0.2) is 0 Å². The molecule has 1 heterocycles. The van der Waals surface area contributed by atoms with Gasteiger partial charge in [-0.3, -0.25) is 10.1 Å². The summed E-state index contributed by atoms with van der Waals surface area (Å²) < 4.78 is 1.77. The largest absolute Gasteiger partial charge is 0.351 e. The van der Waals surface area contributed by atoms with E-state index in [2.05, 4.69) is 45.0 Å². The van der Waals surface area contributed by atoms with Gasteiger partial charge in [0.2, 0.25) is 5.91 Å². The van der Waals surface area contributed by atoms with Crippen molar-refractivity contribution in [2.75, 3.05) is 0 Å². The standard InChI is InChI=1S/C20H22N6O2/c1-14(19(27)25-20(21)28)23-10-17-4-2-3-5-18(17)16-8-6-15(7-9-16)11-26-13-22-12-24-26/h2-9,12-14,23H,10-11H2,1H3,(H3,21,25,27,28). The molecule has 0 aliphatic heterocycles. The summed E-state index contributed by atoms with van der Waals surface area (Å²) in [5.74, 6) is -0.456. The summed E-state index contributed by atoms with van der Waals surface area (Å²) in [6.07, 6.45) is 3.20. The highest BCUT2D eigenvalue weighted by atomic mass is 16.2. The van der Waals surface area contributed by atoms with E-state index in [1.54, 1.807) is 17.9 Å². The molecule has 0 spiro atoms.